The molecule has 0 aliphatic heterocycles. The minimum Gasteiger partial charge on any atom is -0.495 e. The summed E-state index contributed by atoms with van der Waals surface area (Å²) in [6.45, 7) is 0. The number of nitrogens with zero attached hydrogens (tertiary/aromatic N) is 1. The molecule has 0 saturated heterocycles. The van der Waals surface area contributed by atoms with Gasteiger partial charge in [-0.2, -0.15) is 12.8 Å². The van der Waals surface area contributed by atoms with Crippen LogP contribution in [0.3, 0.4) is 0 Å². The highest BCUT2D eigenvalue weighted by Crippen LogP contribution is 2.29. The number of methoxy groups -OCH3 is 1. The van der Waals surface area contributed by atoms with E-state index in [0.717, 1.165) is 24.3 Å². The molecule has 0 radical (unpaired) electrons. The highest BCUT2D eigenvalue weighted by atomic mass is 32.2. The molecule has 1 aliphatic carbocycles. The van der Waals surface area contributed by atoms with Crippen LogP contribution < -0.4 is 10.1 Å². The van der Waals surface area contributed by atoms with Crippen LogP contribution in [0.5, 0.6) is 5.75 Å². The number of para-hydroxylation sites is 2. The van der Waals surface area contributed by atoms with Gasteiger partial charge in [-0.05, 0) is 42.5 Å². The lowest BCUT2D eigenvalue weighted by molar-refractivity contribution is 0.103. The Morgan fingerprint density at radius 3 is 2.26 bits per heavy atom. The number of carbonyl (C=O) groups excluding carboxylic acids is 1. The summed E-state index contributed by atoms with van der Waals surface area (Å²) < 4.78 is 48.1. The molecule has 0 fully saturated rings. The number of halogens is 1. The van der Waals surface area contributed by atoms with Gasteiger partial charge in [0.05, 0.1) is 29.1 Å². The fraction of sp³-hybridized carbons (Fsp3) is 0.0435. The molecular weight excluding hydrogens is 419 g/mol. The Hall–Kier alpha value is -3.78. The molecule has 0 saturated carbocycles. The molecule has 3 aromatic rings. The van der Waals surface area contributed by atoms with Gasteiger partial charge in [-0.25, -0.2) is 4.39 Å². The zero-order valence-corrected chi connectivity index (χ0v) is 17.2. The van der Waals surface area contributed by atoms with Crippen molar-refractivity contribution in [2.75, 3.05) is 12.4 Å². The predicted octanol–water partition coefficient (Wildman–Crippen LogP) is 4.20. The van der Waals surface area contributed by atoms with Crippen LogP contribution in [0.15, 0.2) is 93.9 Å². The molecule has 0 aromatic heterocycles. The van der Waals surface area contributed by atoms with Gasteiger partial charge in [0.25, 0.3) is 10.0 Å². The van der Waals surface area contributed by atoms with E-state index < -0.39 is 15.8 Å². The Bertz CT molecular complexity index is 1330. The molecule has 0 heterocycles. The Morgan fingerprint density at radius 2 is 1.55 bits per heavy atom. The summed E-state index contributed by atoms with van der Waals surface area (Å²) in [5.74, 6) is -0.337. The van der Waals surface area contributed by atoms with Crippen molar-refractivity contribution >= 4 is 27.2 Å². The van der Waals surface area contributed by atoms with Crippen LogP contribution in [0, 0.1) is 5.82 Å². The first-order valence-corrected chi connectivity index (χ1v) is 10.7. The molecule has 0 spiro atoms. The lowest BCUT2D eigenvalue weighted by atomic mass is 9.92. The Balaban J connectivity index is 1.82. The van der Waals surface area contributed by atoms with E-state index in [4.69, 9.17) is 4.74 Å². The van der Waals surface area contributed by atoms with Crippen molar-refractivity contribution in [1.29, 1.82) is 0 Å². The monoisotopic (exact) mass is 436 g/mol. The maximum absolute atomic E-state index is 13.2. The topological polar surface area (TPSA) is 84.8 Å². The minimum atomic E-state index is -4.13. The molecule has 3 aromatic carbocycles. The lowest BCUT2D eigenvalue weighted by Crippen LogP contribution is -2.22. The van der Waals surface area contributed by atoms with Gasteiger partial charge in [-0.3, -0.25) is 4.79 Å². The molecule has 31 heavy (non-hydrogen) atoms. The van der Waals surface area contributed by atoms with Crippen molar-refractivity contribution in [1.82, 2.24) is 0 Å². The van der Waals surface area contributed by atoms with Crippen LogP contribution in [-0.2, 0) is 10.0 Å². The summed E-state index contributed by atoms with van der Waals surface area (Å²) in [4.78, 5) is 12.9. The van der Waals surface area contributed by atoms with E-state index in [9.17, 15) is 17.6 Å². The number of benzene rings is 3. The zero-order valence-electron chi connectivity index (χ0n) is 16.4. The number of rotatable bonds is 5. The summed E-state index contributed by atoms with van der Waals surface area (Å²) >= 11 is 0. The van der Waals surface area contributed by atoms with Gasteiger partial charge in [0.15, 0.2) is 0 Å². The van der Waals surface area contributed by atoms with Crippen molar-refractivity contribution in [3.8, 4) is 5.75 Å². The van der Waals surface area contributed by atoms with Crippen LogP contribution in [0.4, 0.5) is 10.1 Å². The Morgan fingerprint density at radius 1 is 0.903 bits per heavy atom. The van der Waals surface area contributed by atoms with Crippen LogP contribution in [0.25, 0.3) is 0 Å². The first kappa shape index (κ1) is 20.5. The summed E-state index contributed by atoms with van der Waals surface area (Å²) in [7, 11) is -2.62. The molecule has 156 valence electrons. The molecule has 6 nitrogen and oxygen atoms in total. The number of ketones is 1. The Labute approximate surface area is 178 Å². The minimum absolute atomic E-state index is 0.0944. The van der Waals surface area contributed by atoms with Gasteiger partial charge in [0, 0.05) is 11.1 Å². The molecule has 0 unspecified atom stereocenters. The van der Waals surface area contributed by atoms with Gasteiger partial charge in [0.1, 0.15) is 11.6 Å². The van der Waals surface area contributed by atoms with Gasteiger partial charge in [-0.15, -0.1) is 0 Å². The second-order valence-electron chi connectivity index (χ2n) is 6.66. The van der Waals surface area contributed by atoms with Crippen LogP contribution in [0.1, 0.15) is 15.9 Å². The number of Topliss-reactive ketones (excluding diaryl/α,β-unsaturated/α-hetero) is 1. The van der Waals surface area contributed by atoms with E-state index in [2.05, 4.69) is 9.71 Å². The van der Waals surface area contributed by atoms with Crippen molar-refractivity contribution in [2.45, 2.75) is 4.90 Å². The molecule has 0 atom stereocenters. The molecule has 0 bridgehead atoms. The quantitative estimate of drug-likeness (QED) is 0.648. The second-order valence-corrected chi connectivity index (χ2v) is 8.27. The highest BCUT2D eigenvalue weighted by Gasteiger charge is 2.26. The van der Waals surface area contributed by atoms with Gasteiger partial charge < -0.3 is 10.1 Å². The lowest BCUT2D eigenvalue weighted by Gasteiger charge is -2.19. The van der Waals surface area contributed by atoms with E-state index in [0.29, 0.717) is 22.6 Å². The van der Waals surface area contributed by atoms with Gasteiger partial charge >= 0.3 is 0 Å². The normalized spacial score (nSPS) is 14.7. The zero-order chi connectivity index (χ0) is 22.0. The third kappa shape index (κ3) is 4.10. The number of hydrogen-bond acceptors (Lipinski definition) is 5. The first-order valence-electron chi connectivity index (χ1n) is 9.25. The van der Waals surface area contributed by atoms with E-state index >= 15 is 0 Å². The predicted molar refractivity (Wildman–Crippen MR) is 116 cm³/mol. The SMILES string of the molecule is COc1ccccc1NC1=CC(=NS(=O)(=O)c2ccc(F)cc2)c2ccccc2C1=O. The molecule has 1 aliphatic rings. The maximum atomic E-state index is 13.2. The van der Waals surface area contributed by atoms with Crippen LogP contribution in [-0.4, -0.2) is 27.0 Å². The molecule has 4 rings (SSSR count). The maximum Gasteiger partial charge on any atom is 0.282 e. The van der Waals surface area contributed by atoms with Crippen LogP contribution in [0.2, 0.25) is 0 Å². The first-order chi connectivity index (χ1) is 14.9. The van der Waals surface area contributed by atoms with E-state index in [1.165, 1.54) is 13.2 Å². The standard InChI is InChI=1S/C23H17FN2O4S/c1-30-22-9-5-4-8-19(22)25-21-14-20(17-6-2-3-7-18(17)23(21)27)26-31(28,29)16-12-10-15(24)11-13-16/h2-14,25H,1H3. The van der Waals surface area contributed by atoms with E-state index in [1.54, 1.807) is 48.5 Å². The summed E-state index contributed by atoms with van der Waals surface area (Å²) in [6.07, 6.45) is 1.39. The number of sulfonamides is 1. The number of allylic oxidation sites excluding steroid dienone is 2. The smallest absolute Gasteiger partial charge is 0.282 e. The number of hydrogen-bond donors (Lipinski definition) is 1. The number of carbonyl (C=O) groups is 1. The largest absolute Gasteiger partial charge is 0.495 e. The third-order valence-electron chi connectivity index (χ3n) is 4.68. The van der Waals surface area contributed by atoms with Crippen molar-refractivity contribution in [2.24, 2.45) is 4.40 Å². The molecular formula is C23H17FN2O4S. The van der Waals surface area contributed by atoms with Gasteiger partial charge in [0.2, 0.25) is 5.78 Å². The van der Waals surface area contributed by atoms with Crippen molar-refractivity contribution < 1.29 is 22.3 Å². The fourth-order valence-electron chi connectivity index (χ4n) is 3.18. The van der Waals surface area contributed by atoms with Crippen molar-refractivity contribution in [3.63, 3.8) is 0 Å². The second kappa shape index (κ2) is 8.16. The molecule has 1 N–H and O–H groups in total. The summed E-state index contributed by atoms with van der Waals surface area (Å²) in [5.41, 5.74) is 1.50. The average Bonchev–Trinajstić information content (AvgIpc) is 2.77. The van der Waals surface area contributed by atoms with E-state index in [1.807, 2.05) is 0 Å². The average molecular weight is 436 g/mol. The van der Waals surface area contributed by atoms with Crippen LogP contribution >= 0.6 is 0 Å². The number of ether oxygens (including phenoxy) is 1. The molecule has 0 amide bonds. The molecule has 8 heteroatoms. The number of anilines is 1. The fourth-order valence-corrected chi connectivity index (χ4v) is 4.18. The number of fused-ring (bicyclic) bond motifs is 1. The Kier molecular flexibility index (Phi) is 5.39. The van der Waals surface area contributed by atoms with E-state index in [-0.39, 0.29) is 22.1 Å². The third-order valence-corrected chi connectivity index (χ3v) is 5.98. The summed E-state index contributed by atoms with van der Waals surface area (Å²) in [6, 6.07) is 18.0. The highest BCUT2D eigenvalue weighted by molar-refractivity contribution is 7.90. The van der Waals surface area contributed by atoms with Gasteiger partial charge in [-0.1, -0.05) is 36.4 Å². The number of nitrogens with one attached hydrogen (secondary N) is 1. The van der Waals surface area contributed by atoms with Crippen molar-refractivity contribution in [3.05, 3.63) is 102 Å². The summed E-state index contributed by atoms with van der Waals surface area (Å²) in [5, 5.41) is 3.02.